The van der Waals surface area contributed by atoms with Crippen LogP contribution in [0.2, 0.25) is 0 Å². The molecular formula is C14H19N3O2S. The summed E-state index contributed by atoms with van der Waals surface area (Å²) in [5.41, 5.74) is 6.69. The third-order valence-corrected chi connectivity index (χ3v) is 2.83. The number of nitrogens with one attached hydrogen (secondary N) is 1. The van der Waals surface area contributed by atoms with E-state index in [9.17, 15) is 9.59 Å². The molecule has 6 heteroatoms. The molecule has 3 N–H and O–H groups in total. The van der Waals surface area contributed by atoms with Gasteiger partial charge in [-0.1, -0.05) is 24.4 Å². The first kappa shape index (κ1) is 16.1. The largest absolute Gasteiger partial charge is 0.389 e. The minimum atomic E-state index is -0.224. The van der Waals surface area contributed by atoms with E-state index < -0.39 is 0 Å². The van der Waals surface area contributed by atoms with E-state index in [2.05, 4.69) is 5.32 Å². The van der Waals surface area contributed by atoms with Gasteiger partial charge < -0.3 is 16.0 Å². The Hall–Kier alpha value is -1.95. The van der Waals surface area contributed by atoms with Gasteiger partial charge in [0.2, 0.25) is 5.91 Å². The molecule has 0 heterocycles. The van der Waals surface area contributed by atoms with Gasteiger partial charge in [-0.25, -0.2) is 0 Å². The minimum absolute atomic E-state index is 0.0219. The molecule has 2 amide bonds. The summed E-state index contributed by atoms with van der Waals surface area (Å²) in [5.74, 6) is -0.408. The quantitative estimate of drug-likeness (QED) is 0.792. The Balaban J connectivity index is 2.69. The van der Waals surface area contributed by atoms with E-state index in [1.165, 1.54) is 4.90 Å². The summed E-state index contributed by atoms with van der Waals surface area (Å²) >= 11 is 4.85. The van der Waals surface area contributed by atoms with Gasteiger partial charge in [0.15, 0.2) is 0 Å². The monoisotopic (exact) mass is 293 g/mol. The molecule has 0 radical (unpaired) electrons. The summed E-state index contributed by atoms with van der Waals surface area (Å²) < 4.78 is 0. The van der Waals surface area contributed by atoms with Crippen molar-refractivity contribution < 1.29 is 9.59 Å². The van der Waals surface area contributed by atoms with Crippen molar-refractivity contribution in [3.63, 3.8) is 0 Å². The molecule has 0 aliphatic heterocycles. The Kier molecular flexibility index (Phi) is 5.64. The van der Waals surface area contributed by atoms with E-state index in [1.54, 1.807) is 31.3 Å². The van der Waals surface area contributed by atoms with Gasteiger partial charge in [0.25, 0.3) is 5.91 Å². The van der Waals surface area contributed by atoms with E-state index >= 15 is 0 Å². The van der Waals surface area contributed by atoms with Crippen LogP contribution in [0.25, 0.3) is 0 Å². The highest BCUT2D eigenvalue weighted by Crippen LogP contribution is 2.07. The molecule has 1 rings (SSSR count). The third kappa shape index (κ3) is 4.62. The van der Waals surface area contributed by atoms with Crippen molar-refractivity contribution in [2.75, 3.05) is 13.6 Å². The number of carbonyl (C=O) groups is 2. The fourth-order valence-electron chi connectivity index (χ4n) is 1.65. The highest BCUT2D eigenvalue weighted by molar-refractivity contribution is 7.80. The van der Waals surface area contributed by atoms with E-state index in [0.717, 1.165) is 0 Å². The normalized spacial score (nSPS) is 10.2. The van der Waals surface area contributed by atoms with Crippen LogP contribution >= 0.6 is 12.2 Å². The molecule has 5 nitrogen and oxygen atoms in total. The number of thiocarbonyl (C=S) groups is 1. The van der Waals surface area contributed by atoms with Gasteiger partial charge in [0, 0.05) is 24.2 Å². The van der Waals surface area contributed by atoms with Crippen LogP contribution in [0, 0.1) is 0 Å². The van der Waals surface area contributed by atoms with Crippen molar-refractivity contribution in [2.45, 2.75) is 19.9 Å². The Morgan fingerprint density at radius 1 is 1.25 bits per heavy atom. The highest BCUT2D eigenvalue weighted by atomic mass is 32.1. The number of benzene rings is 1. The average molecular weight is 293 g/mol. The Bertz CT molecular complexity index is 512. The standard InChI is InChI=1S/C14H19N3O2S/c1-9(2)16-12(18)8-17(3)14(19)11-6-4-10(5-7-11)13(15)20/h4-7,9H,8H2,1-3H3,(H2,15,20)(H,16,18). The highest BCUT2D eigenvalue weighted by Gasteiger charge is 2.15. The Morgan fingerprint density at radius 2 is 1.75 bits per heavy atom. The van der Waals surface area contributed by atoms with Crippen molar-refractivity contribution in [2.24, 2.45) is 5.73 Å². The van der Waals surface area contributed by atoms with Crippen LogP contribution in [0.5, 0.6) is 0 Å². The van der Waals surface area contributed by atoms with Crippen molar-refractivity contribution >= 4 is 29.0 Å². The number of nitrogens with two attached hydrogens (primary N) is 1. The van der Waals surface area contributed by atoms with Crippen LogP contribution < -0.4 is 11.1 Å². The molecule has 0 spiro atoms. The predicted molar refractivity (Wildman–Crippen MR) is 82.6 cm³/mol. The lowest BCUT2D eigenvalue weighted by molar-refractivity contribution is -0.122. The fraction of sp³-hybridized carbons (Fsp3) is 0.357. The summed E-state index contributed by atoms with van der Waals surface area (Å²) in [6, 6.07) is 6.73. The second-order valence-corrected chi connectivity index (χ2v) is 5.26. The number of rotatable bonds is 5. The molecule has 1 aromatic rings. The van der Waals surface area contributed by atoms with Gasteiger partial charge in [-0.3, -0.25) is 9.59 Å². The van der Waals surface area contributed by atoms with Crippen molar-refractivity contribution in [3.05, 3.63) is 35.4 Å². The van der Waals surface area contributed by atoms with E-state index in [4.69, 9.17) is 18.0 Å². The van der Waals surface area contributed by atoms with Gasteiger partial charge in [0.1, 0.15) is 4.99 Å². The number of carbonyl (C=O) groups excluding carboxylic acids is 2. The molecule has 0 saturated carbocycles. The average Bonchev–Trinajstić information content (AvgIpc) is 2.36. The topological polar surface area (TPSA) is 75.4 Å². The zero-order valence-corrected chi connectivity index (χ0v) is 12.7. The molecule has 0 bridgehead atoms. The van der Waals surface area contributed by atoms with Gasteiger partial charge in [-0.05, 0) is 26.0 Å². The van der Waals surface area contributed by atoms with Gasteiger partial charge >= 0.3 is 0 Å². The molecule has 0 unspecified atom stereocenters. The summed E-state index contributed by atoms with van der Waals surface area (Å²) in [4.78, 5) is 25.4. The van der Waals surface area contributed by atoms with Crippen LogP contribution in [0.15, 0.2) is 24.3 Å². The predicted octanol–water partition coefficient (Wildman–Crippen LogP) is 0.917. The van der Waals surface area contributed by atoms with Crippen molar-refractivity contribution in [1.29, 1.82) is 0 Å². The summed E-state index contributed by atoms with van der Waals surface area (Å²) in [6.45, 7) is 3.76. The molecule has 0 fully saturated rings. The smallest absolute Gasteiger partial charge is 0.254 e. The first-order valence-corrected chi connectivity index (χ1v) is 6.66. The summed E-state index contributed by atoms with van der Waals surface area (Å²) in [6.07, 6.45) is 0. The van der Waals surface area contributed by atoms with Crippen LogP contribution in [0.4, 0.5) is 0 Å². The second kappa shape index (κ2) is 7.00. The molecule has 0 aliphatic carbocycles. The van der Waals surface area contributed by atoms with E-state index in [-0.39, 0.29) is 29.4 Å². The first-order chi connectivity index (χ1) is 9.31. The zero-order chi connectivity index (χ0) is 15.3. The number of hydrogen-bond acceptors (Lipinski definition) is 3. The Morgan fingerprint density at radius 3 is 2.20 bits per heavy atom. The minimum Gasteiger partial charge on any atom is -0.389 e. The SMILES string of the molecule is CC(C)NC(=O)CN(C)C(=O)c1ccc(C(N)=S)cc1. The summed E-state index contributed by atoms with van der Waals surface area (Å²) in [7, 11) is 1.59. The molecule has 108 valence electrons. The molecule has 0 atom stereocenters. The maximum absolute atomic E-state index is 12.1. The zero-order valence-electron chi connectivity index (χ0n) is 11.8. The first-order valence-electron chi connectivity index (χ1n) is 6.26. The molecule has 1 aromatic carbocycles. The Labute approximate surface area is 124 Å². The maximum atomic E-state index is 12.1. The van der Waals surface area contributed by atoms with Gasteiger partial charge in [-0.15, -0.1) is 0 Å². The molecular weight excluding hydrogens is 274 g/mol. The number of amides is 2. The maximum Gasteiger partial charge on any atom is 0.254 e. The molecule has 0 aliphatic rings. The lowest BCUT2D eigenvalue weighted by Gasteiger charge is -2.18. The summed E-state index contributed by atoms with van der Waals surface area (Å²) in [5, 5.41) is 2.74. The van der Waals surface area contributed by atoms with E-state index in [0.29, 0.717) is 11.1 Å². The van der Waals surface area contributed by atoms with Gasteiger partial charge in [-0.2, -0.15) is 0 Å². The number of hydrogen-bond donors (Lipinski definition) is 2. The van der Waals surface area contributed by atoms with Crippen LogP contribution in [-0.4, -0.2) is 41.3 Å². The van der Waals surface area contributed by atoms with Crippen LogP contribution in [-0.2, 0) is 4.79 Å². The van der Waals surface area contributed by atoms with Gasteiger partial charge in [0.05, 0.1) is 6.54 Å². The number of nitrogens with zero attached hydrogens (tertiary/aromatic N) is 1. The van der Waals surface area contributed by atoms with Crippen molar-refractivity contribution in [1.82, 2.24) is 10.2 Å². The molecule has 0 aromatic heterocycles. The molecule has 0 saturated heterocycles. The lowest BCUT2D eigenvalue weighted by Crippen LogP contribution is -2.40. The van der Waals surface area contributed by atoms with Crippen molar-refractivity contribution in [3.8, 4) is 0 Å². The molecule has 20 heavy (non-hydrogen) atoms. The lowest BCUT2D eigenvalue weighted by atomic mass is 10.1. The van der Waals surface area contributed by atoms with E-state index in [1.807, 2.05) is 13.8 Å². The third-order valence-electron chi connectivity index (χ3n) is 2.59. The number of likely N-dealkylation sites (N-methyl/N-ethyl adjacent to an activating group) is 1. The van der Waals surface area contributed by atoms with Crippen LogP contribution in [0.1, 0.15) is 29.8 Å². The second-order valence-electron chi connectivity index (χ2n) is 4.83. The van der Waals surface area contributed by atoms with Crippen LogP contribution in [0.3, 0.4) is 0 Å². The fourth-order valence-corrected chi connectivity index (χ4v) is 1.79.